The molecule has 0 saturated carbocycles. The lowest BCUT2D eigenvalue weighted by Gasteiger charge is -2.01. The fourth-order valence-electron chi connectivity index (χ4n) is 1.31. The molecule has 0 bridgehead atoms. The lowest BCUT2D eigenvalue weighted by Crippen LogP contribution is -1.98. The minimum atomic E-state index is -0.431. The molecule has 0 unspecified atom stereocenters. The highest BCUT2D eigenvalue weighted by Crippen LogP contribution is 2.20. The molecule has 1 aromatic carbocycles. The average Bonchev–Trinajstić information content (AvgIpc) is 2.18. The molecule has 0 spiro atoms. The lowest BCUT2D eigenvalue weighted by molar-refractivity contribution is -0.385. The highest BCUT2D eigenvalue weighted by atomic mass is 16.6. The molecule has 5 nitrogen and oxygen atoms in total. The summed E-state index contributed by atoms with van der Waals surface area (Å²) in [6.07, 6.45) is 1.79. The Bertz CT molecular complexity index is 423. The van der Waals surface area contributed by atoms with Crippen molar-refractivity contribution < 1.29 is 9.72 Å². The fraction of sp³-hybridized carbons (Fsp3) is 0.300. The van der Waals surface area contributed by atoms with E-state index in [0.717, 1.165) is 5.56 Å². The summed E-state index contributed by atoms with van der Waals surface area (Å²) >= 11 is 0. The van der Waals surface area contributed by atoms with Crippen molar-refractivity contribution in [2.75, 3.05) is 6.54 Å². The van der Waals surface area contributed by atoms with Crippen LogP contribution in [0.1, 0.15) is 11.1 Å². The van der Waals surface area contributed by atoms with Crippen LogP contribution in [0.2, 0.25) is 0 Å². The number of rotatable bonds is 4. The monoisotopic (exact) mass is 206 g/mol. The van der Waals surface area contributed by atoms with E-state index in [9.17, 15) is 14.9 Å². The number of nitrogens with zero attached hydrogens (tertiary/aromatic N) is 2. The SMILES string of the molecule is Cc1ccc([N+](=O)[O-])c(CCN=C=O)c1. The third-order valence-electron chi connectivity index (χ3n) is 1.99. The molecule has 0 aliphatic rings. The van der Waals surface area contributed by atoms with Crippen LogP contribution < -0.4 is 0 Å². The van der Waals surface area contributed by atoms with Crippen LogP contribution >= 0.6 is 0 Å². The summed E-state index contributed by atoms with van der Waals surface area (Å²) in [5, 5.41) is 10.7. The second-order valence-corrected chi connectivity index (χ2v) is 3.11. The molecule has 1 aromatic rings. The number of hydrogen-bond donors (Lipinski definition) is 0. The van der Waals surface area contributed by atoms with Gasteiger partial charge in [0.1, 0.15) is 0 Å². The number of hydrogen-bond acceptors (Lipinski definition) is 4. The first-order valence-corrected chi connectivity index (χ1v) is 4.42. The molecule has 0 amide bonds. The highest BCUT2D eigenvalue weighted by Gasteiger charge is 2.12. The molecule has 15 heavy (non-hydrogen) atoms. The molecular formula is C10H10N2O3. The Kier molecular flexibility index (Phi) is 3.71. The number of aliphatic imine (C=N–C) groups is 1. The van der Waals surface area contributed by atoms with E-state index in [1.54, 1.807) is 12.1 Å². The van der Waals surface area contributed by atoms with Crippen LogP contribution in [0.3, 0.4) is 0 Å². The summed E-state index contributed by atoms with van der Waals surface area (Å²) in [6.45, 7) is 2.09. The van der Waals surface area contributed by atoms with Gasteiger partial charge in [-0.1, -0.05) is 11.6 Å². The normalized spacial score (nSPS) is 9.40. The lowest BCUT2D eigenvalue weighted by atomic mass is 10.1. The topological polar surface area (TPSA) is 72.6 Å². The smallest absolute Gasteiger partial charge is 0.258 e. The van der Waals surface area contributed by atoms with E-state index < -0.39 is 4.92 Å². The standard InChI is InChI=1S/C10H10N2O3/c1-8-2-3-10(12(14)15)9(6-8)4-5-11-7-13/h2-3,6H,4-5H2,1H3. The summed E-state index contributed by atoms with van der Waals surface area (Å²) in [6, 6.07) is 4.89. The Morgan fingerprint density at radius 1 is 1.53 bits per heavy atom. The molecule has 0 radical (unpaired) electrons. The molecular weight excluding hydrogens is 196 g/mol. The fourth-order valence-corrected chi connectivity index (χ4v) is 1.31. The maximum Gasteiger partial charge on any atom is 0.272 e. The molecule has 0 heterocycles. The number of carbonyl (C=O) groups excluding carboxylic acids is 1. The van der Waals surface area contributed by atoms with E-state index in [1.165, 1.54) is 12.1 Å². The molecule has 0 N–H and O–H groups in total. The van der Waals surface area contributed by atoms with Crippen LogP contribution in [0, 0.1) is 17.0 Å². The second kappa shape index (κ2) is 5.02. The van der Waals surface area contributed by atoms with Crippen LogP contribution in [0.5, 0.6) is 0 Å². The van der Waals surface area contributed by atoms with Gasteiger partial charge in [-0.15, -0.1) is 0 Å². The summed E-state index contributed by atoms with van der Waals surface area (Å²) in [5.41, 5.74) is 1.62. The molecule has 0 aromatic heterocycles. The second-order valence-electron chi connectivity index (χ2n) is 3.11. The van der Waals surface area contributed by atoms with Crippen molar-refractivity contribution in [3.8, 4) is 0 Å². The zero-order valence-electron chi connectivity index (χ0n) is 8.27. The van der Waals surface area contributed by atoms with Gasteiger partial charge < -0.3 is 0 Å². The maximum absolute atomic E-state index is 10.7. The van der Waals surface area contributed by atoms with Crippen LogP contribution in [-0.4, -0.2) is 17.5 Å². The van der Waals surface area contributed by atoms with E-state index in [0.29, 0.717) is 12.0 Å². The van der Waals surface area contributed by atoms with Crippen molar-refractivity contribution >= 4 is 11.8 Å². The third-order valence-corrected chi connectivity index (χ3v) is 1.99. The van der Waals surface area contributed by atoms with Crippen molar-refractivity contribution in [2.45, 2.75) is 13.3 Å². The van der Waals surface area contributed by atoms with Crippen molar-refractivity contribution in [3.05, 3.63) is 39.4 Å². The van der Waals surface area contributed by atoms with Crippen molar-refractivity contribution in [3.63, 3.8) is 0 Å². The van der Waals surface area contributed by atoms with Gasteiger partial charge in [0, 0.05) is 11.6 Å². The largest absolute Gasteiger partial charge is 0.272 e. The molecule has 0 fully saturated rings. The molecule has 78 valence electrons. The van der Waals surface area contributed by atoms with E-state index in [-0.39, 0.29) is 12.2 Å². The van der Waals surface area contributed by atoms with Gasteiger partial charge in [-0.2, -0.15) is 0 Å². The Morgan fingerprint density at radius 3 is 2.87 bits per heavy atom. The number of isocyanates is 1. The zero-order valence-corrected chi connectivity index (χ0v) is 8.27. The van der Waals surface area contributed by atoms with Gasteiger partial charge in [0.2, 0.25) is 6.08 Å². The van der Waals surface area contributed by atoms with Crippen molar-refractivity contribution in [1.82, 2.24) is 0 Å². The van der Waals surface area contributed by atoms with Gasteiger partial charge >= 0.3 is 0 Å². The quantitative estimate of drug-likeness (QED) is 0.326. The summed E-state index contributed by atoms with van der Waals surface area (Å²) < 4.78 is 0. The summed E-state index contributed by atoms with van der Waals surface area (Å²) in [7, 11) is 0. The Balaban J connectivity index is 2.96. The van der Waals surface area contributed by atoms with Gasteiger partial charge in [0.25, 0.3) is 5.69 Å². The Labute approximate surface area is 86.6 Å². The summed E-state index contributed by atoms with van der Waals surface area (Å²) in [4.78, 5) is 23.5. The van der Waals surface area contributed by atoms with Gasteiger partial charge in [0.05, 0.1) is 11.5 Å². The van der Waals surface area contributed by atoms with E-state index >= 15 is 0 Å². The summed E-state index contributed by atoms with van der Waals surface area (Å²) in [5.74, 6) is 0. The Morgan fingerprint density at radius 2 is 2.27 bits per heavy atom. The zero-order chi connectivity index (χ0) is 11.3. The first-order chi connectivity index (χ1) is 7.15. The molecule has 1 rings (SSSR count). The van der Waals surface area contributed by atoms with Gasteiger partial charge in [-0.3, -0.25) is 10.1 Å². The molecule has 0 atom stereocenters. The third kappa shape index (κ3) is 3.00. The molecule has 0 saturated heterocycles. The van der Waals surface area contributed by atoms with Crippen LogP contribution in [-0.2, 0) is 11.2 Å². The minimum Gasteiger partial charge on any atom is -0.258 e. The number of nitro groups is 1. The van der Waals surface area contributed by atoms with E-state index in [2.05, 4.69) is 4.99 Å². The Hall–Kier alpha value is -2.00. The van der Waals surface area contributed by atoms with Crippen LogP contribution in [0.4, 0.5) is 5.69 Å². The van der Waals surface area contributed by atoms with Gasteiger partial charge in [-0.25, -0.2) is 9.79 Å². The first kappa shape index (κ1) is 11.1. The number of nitro benzene ring substituents is 1. The van der Waals surface area contributed by atoms with Gasteiger partial charge in [0.15, 0.2) is 0 Å². The molecule has 0 aliphatic carbocycles. The van der Waals surface area contributed by atoms with Crippen LogP contribution in [0.15, 0.2) is 23.2 Å². The number of benzene rings is 1. The first-order valence-electron chi connectivity index (χ1n) is 4.42. The van der Waals surface area contributed by atoms with Crippen molar-refractivity contribution in [2.24, 2.45) is 4.99 Å². The molecule has 5 heteroatoms. The highest BCUT2D eigenvalue weighted by molar-refractivity contribution is 5.43. The van der Waals surface area contributed by atoms with Gasteiger partial charge in [-0.05, 0) is 19.4 Å². The average molecular weight is 206 g/mol. The predicted molar refractivity (Wildman–Crippen MR) is 54.5 cm³/mol. The molecule has 0 aliphatic heterocycles. The van der Waals surface area contributed by atoms with E-state index in [4.69, 9.17) is 0 Å². The van der Waals surface area contributed by atoms with E-state index in [1.807, 2.05) is 6.92 Å². The minimum absolute atomic E-state index is 0.0710. The maximum atomic E-state index is 10.7. The van der Waals surface area contributed by atoms with Crippen LogP contribution in [0.25, 0.3) is 0 Å². The number of aryl methyl sites for hydroxylation is 1. The predicted octanol–water partition coefficient (Wildman–Crippen LogP) is 1.78. The van der Waals surface area contributed by atoms with Crippen molar-refractivity contribution in [1.29, 1.82) is 0 Å².